The Morgan fingerprint density at radius 2 is 1.68 bits per heavy atom. The molecule has 96 valence electrons. The fourth-order valence-electron chi connectivity index (χ4n) is 2.08. The van der Waals surface area contributed by atoms with Crippen LogP contribution in [0.4, 0.5) is 0 Å². The standard InChI is InChI=1S/C12H10N4O3/c17-10-7-3-1-2-4-8(7)11(18)16(10)6-5-9-13-12(19)15-14-9/h1-4H,5-6H2,(H2,13,14,15,19). The predicted octanol–water partition coefficient (Wildman–Crippen LogP) is -0.0633. The average molecular weight is 258 g/mol. The molecular formula is C12H10N4O3. The summed E-state index contributed by atoms with van der Waals surface area (Å²) in [4.78, 5) is 38.6. The second-order valence-corrected chi connectivity index (χ2v) is 4.18. The van der Waals surface area contributed by atoms with Gasteiger partial charge in [-0.1, -0.05) is 12.1 Å². The van der Waals surface area contributed by atoms with Gasteiger partial charge in [0.1, 0.15) is 5.82 Å². The molecule has 19 heavy (non-hydrogen) atoms. The first-order valence-electron chi connectivity index (χ1n) is 5.75. The summed E-state index contributed by atoms with van der Waals surface area (Å²) in [7, 11) is 0. The van der Waals surface area contributed by atoms with E-state index in [0.29, 0.717) is 23.4 Å². The smallest absolute Gasteiger partial charge is 0.293 e. The van der Waals surface area contributed by atoms with Crippen molar-refractivity contribution in [1.82, 2.24) is 20.1 Å². The van der Waals surface area contributed by atoms with E-state index in [4.69, 9.17) is 0 Å². The maximum Gasteiger partial charge on any atom is 0.340 e. The van der Waals surface area contributed by atoms with Crippen molar-refractivity contribution in [2.75, 3.05) is 6.54 Å². The van der Waals surface area contributed by atoms with Gasteiger partial charge in [-0.05, 0) is 12.1 Å². The van der Waals surface area contributed by atoms with Gasteiger partial charge in [0.2, 0.25) is 0 Å². The summed E-state index contributed by atoms with van der Waals surface area (Å²) in [5.41, 5.74) is 0.434. The maximum absolute atomic E-state index is 12.0. The molecule has 2 heterocycles. The third-order valence-electron chi connectivity index (χ3n) is 3.00. The number of nitrogens with zero attached hydrogens (tertiary/aromatic N) is 2. The third-order valence-corrected chi connectivity index (χ3v) is 3.00. The van der Waals surface area contributed by atoms with Gasteiger partial charge in [0, 0.05) is 13.0 Å². The maximum atomic E-state index is 12.0. The van der Waals surface area contributed by atoms with Crippen LogP contribution in [0.25, 0.3) is 0 Å². The highest BCUT2D eigenvalue weighted by Gasteiger charge is 2.34. The topological polar surface area (TPSA) is 98.9 Å². The zero-order chi connectivity index (χ0) is 13.4. The average Bonchev–Trinajstić information content (AvgIpc) is 2.93. The number of carbonyl (C=O) groups is 2. The minimum Gasteiger partial charge on any atom is -0.293 e. The Kier molecular flexibility index (Phi) is 2.52. The van der Waals surface area contributed by atoms with E-state index >= 15 is 0 Å². The molecule has 0 unspecified atom stereocenters. The predicted molar refractivity (Wildman–Crippen MR) is 64.7 cm³/mol. The van der Waals surface area contributed by atoms with Crippen LogP contribution in [-0.4, -0.2) is 38.4 Å². The van der Waals surface area contributed by atoms with Crippen molar-refractivity contribution in [1.29, 1.82) is 0 Å². The fourth-order valence-corrected chi connectivity index (χ4v) is 2.08. The van der Waals surface area contributed by atoms with Gasteiger partial charge in [0.05, 0.1) is 11.1 Å². The molecular weight excluding hydrogens is 248 g/mol. The number of hydrogen-bond acceptors (Lipinski definition) is 4. The van der Waals surface area contributed by atoms with Gasteiger partial charge in [-0.25, -0.2) is 9.89 Å². The van der Waals surface area contributed by atoms with E-state index in [2.05, 4.69) is 15.2 Å². The molecule has 7 heteroatoms. The van der Waals surface area contributed by atoms with Crippen LogP contribution in [0, 0.1) is 0 Å². The second kappa shape index (κ2) is 4.20. The summed E-state index contributed by atoms with van der Waals surface area (Å²) in [5, 5.41) is 5.97. The molecule has 7 nitrogen and oxygen atoms in total. The Balaban J connectivity index is 1.79. The molecule has 2 aromatic rings. The largest absolute Gasteiger partial charge is 0.340 e. The number of benzene rings is 1. The normalized spacial score (nSPS) is 14.0. The van der Waals surface area contributed by atoms with Crippen molar-refractivity contribution in [2.45, 2.75) is 6.42 Å². The number of nitrogens with one attached hydrogen (secondary N) is 2. The van der Waals surface area contributed by atoms with E-state index in [1.807, 2.05) is 0 Å². The minimum atomic E-state index is -0.405. The highest BCUT2D eigenvalue weighted by atomic mass is 16.2. The number of imide groups is 1. The molecule has 1 aliphatic heterocycles. The summed E-state index contributed by atoms with van der Waals surface area (Å²) in [6.07, 6.45) is 0.310. The molecule has 2 N–H and O–H groups in total. The van der Waals surface area contributed by atoms with Crippen molar-refractivity contribution in [3.8, 4) is 0 Å². The molecule has 1 aromatic heterocycles. The van der Waals surface area contributed by atoms with Crippen LogP contribution in [0.2, 0.25) is 0 Å². The first kappa shape index (κ1) is 11.4. The summed E-state index contributed by atoms with van der Waals surface area (Å²) >= 11 is 0. The summed E-state index contributed by atoms with van der Waals surface area (Å²) < 4.78 is 0. The Morgan fingerprint density at radius 1 is 1.05 bits per heavy atom. The molecule has 3 rings (SSSR count). The number of aromatic nitrogens is 3. The number of fused-ring (bicyclic) bond motifs is 1. The van der Waals surface area contributed by atoms with Crippen molar-refractivity contribution < 1.29 is 9.59 Å². The van der Waals surface area contributed by atoms with Gasteiger partial charge in [-0.2, -0.15) is 5.10 Å². The first-order valence-corrected chi connectivity index (χ1v) is 5.75. The van der Waals surface area contributed by atoms with Gasteiger partial charge in [0.25, 0.3) is 11.8 Å². The Hall–Kier alpha value is -2.70. The lowest BCUT2D eigenvalue weighted by Gasteiger charge is -2.12. The zero-order valence-electron chi connectivity index (χ0n) is 9.84. The van der Waals surface area contributed by atoms with Gasteiger partial charge < -0.3 is 0 Å². The lowest BCUT2D eigenvalue weighted by molar-refractivity contribution is 0.0655. The molecule has 1 aliphatic rings. The van der Waals surface area contributed by atoms with Crippen molar-refractivity contribution in [2.24, 2.45) is 0 Å². The third kappa shape index (κ3) is 1.85. The monoisotopic (exact) mass is 258 g/mol. The van der Waals surface area contributed by atoms with Crippen molar-refractivity contribution >= 4 is 11.8 Å². The minimum absolute atomic E-state index is 0.188. The number of amides is 2. The van der Waals surface area contributed by atoms with Crippen LogP contribution in [0.3, 0.4) is 0 Å². The Labute approximate surface area is 107 Å². The molecule has 0 fully saturated rings. The van der Waals surface area contributed by atoms with Crippen LogP contribution in [0.15, 0.2) is 29.1 Å². The molecule has 2 amide bonds. The van der Waals surface area contributed by atoms with E-state index in [1.54, 1.807) is 24.3 Å². The number of rotatable bonds is 3. The van der Waals surface area contributed by atoms with Crippen molar-refractivity contribution in [3.63, 3.8) is 0 Å². The molecule has 0 bridgehead atoms. The van der Waals surface area contributed by atoms with E-state index in [9.17, 15) is 14.4 Å². The quantitative estimate of drug-likeness (QED) is 0.753. The molecule has 0 atom stereocenters. The second-order valence-electron chi connectivity index (χ2n) is 4.18. The highest BCUT2D eigenvalue weighted by Crippen LogP contribution is 2.22. The number of aromatic amines is 2. The lowest BCUT2D eigenvalue weighted by atomic mass is 10.1. The van der Waals surface area contributed by atoms with Crippen molar-refractivity contribution in [3.05, 3.63) is 51.7 Å². The van der Waals surface area contributed by atoms with E-state index < -0.39 is 5.69 Å². The molecule has 0 aliphatic carbocycles. The van der Waals surface area contributed by atoms with Crippen LogP contribution in [0.1, 0.15) is 26.5 Å². The number of hydrogen-bond donors (Lipinski definition) is 2. The van der Waals surface area contributed by atoms with Crippen LogP contribution >= 0.6 is 0 Å². The number of H-pyrrole nitrogens is 2. The van der Waals surface area contributed by atoms with Gasteiger partial charge in [0.15, 0.2) is 0 Å². The molecule has 1 aromatic carbocycles. The molecule has 0 saturated carbocycles. The van der Waals surface area contributed by atoms with Crippen LogP contribution in [0.5, 0.6) is 0 Å². The summed E-state index contributed by atoms with van der Waals surface area (Å²) in [6, 6.07) is 6.70. The lowest BCUT2D eigenvalue weighted by Crippen LogP contribution is -2.32. The van der Waals surface area contributed by atoms with Gasteiger partial charge in [-0.15, -0.1) is 0 Å². The fraction of sp³-hybridized carbons (Fsp3) is 0.167. The Morgan fingerprint density at radius 3 is 2.21 bits per heavy atom. The molecule has 0 spiro atoms. The molecule has 0 saturated heterocycles. The summed E-state index contributed by atoms with van der Waals surface area (Å²) in [5.74, 6) is -0.196. The van der Waals surface area contributed by atoms with Gasteiger partial charge >= 0.3 is 5.69 Å². The van der Waals surface area contributed by atoms with Gasteiger partial charge in [-0.3, -0.25) is 19.5 Å². The van der Waals surface area contributed by atoms with E-state index in [0.717, 1.165) is 4.90 Å². The van der Waals surface area contributed by atoms with E-state index in [1.165, 1.54) is 0 Å². The van der Waals surface area contributed by atoms with Crippen LogP contribution in [-0.2, 0) is 6.42 Å². The number of carbonyl (C=O) groups excluding carboxylic acids is 2. The summed E-state index contributed by atoms with van der Waals surface area (Å²) in [6.45, 7) is 0.188. The highest BCUT2D eigenvalue weighted by molar-refractivity contribution is 6.21. The van der Waals surface area contributed by atoms with Crippen LogP contribution < -0.4 is 5.69 Å². The zero-order valence-corrected chi connectivity index (χ0v) is 9.84. The van der Waals surface area contributed by atoms with E-state index in [-0.39, 0.29) is 18.4 Å². The molecule has 0 radical (unpaired) electrons. The Bertz CT molecular complexity index is 681. The first-order chi connectivity index (χ1) is 9.16. The SMILES string of the molecule is O=C1c2ccccc2C(=O)N1CCc1n[nH]c(=O)[nH]1.